The lowest BCUT2D eigenvalue weighted by Crippen LogP contribution is -1.81. The summed E-state index contributed by atoms with van der Waals surface area (Å²) in [6, 6.07) is 1.39. The van der Waals surface area contributed by atoms with Crippen molar-refractivity contribution in [2.45, 2.75) is 0 Å². The highest BCUT2D eigenvalue weighted by atomic mass is 127. The second-order valence-electron chi connectivity index (χ2n) is 1.49. The maximum Gasteiger partial charge on any atom is 0.140 e. The molecule has 0 aliphatic heterocycles. The van der Waals surface area contributed by atoms with Gasteiger partial charge in [0.2, 0.25) is 0 Å². The molecule has 1 N–H and O–H groups in total. The number of aromatic nitrogens is 1. The zero-order valence-electron chi connectivity index (χ0n) is 4.32. The van der Waals surface area contributed by atoms with Crippen molar-refractivity contribution in [1.29, 1.82) is 0 Å². The maximum atomic E-state index is 12.3. The highest BCUT2D eigenvalue weighted by molar-refractivity contribution is 14.1. The number of nitrogens with one attached hydrogen (secondary N) is 1. The van der Waals surface area contributed by atoms with Gasteiger partial charge in [-0.3, -0.25) is 0 Å². The Morgan fingerprint density at radius 1 is 1.67 bits per heavy atom. The molecule has 0 saturated carbocycles. The van der Waals surface area contributed by atoms with E-state index in [0.717, 1.165) is 3.57 Å². The van der Waals surface area contributed by atoms with Gasteiger partial charge in [-0.2, -0.15) is 0 Å². The van der Waals surface area contributed by atoms with E-state index in [-0.39, 0.29) is 5.82 Å². The Labute approximate surface area is 70.4 Å². The number of H-pyrrole nitrogens is 1. The summed E-state index contributed by atoms with van der Waals surface area (Å²) in [5, 5.41) is 0. The number of hydrogen-bond acceptors (Lipinski definition) is 1. The third-order valence-corrected chi connectivity index (χ3v) is 2.38. The van der Waals surface area contributed by atoms with Gasteiger partial charge in [0.15, 0.2) is 0 Å². The quantitative estimate of drug-likeness (QED) is 0.556. The van der Waals surface area contributed by atoms with E-state index in [2.05, 4.69) is 4.98 Å². The molecule has 0 bridgehead atoms. The van der Waals surface area contributed by atoms with E-state index >= 15 is 0 Å². The largest absolute Gasteiger partial charge is 0.349 e. The second-order valence-corrected chi connectivity index (χ2v) is 3.07. The van der Waals surface area contributed by atoms with Crippen LogP contribution in [-0.4, -0.2) is 4.98 Å². The Bertz CT molecular complexity index is 270. The summed E-state index contributed by atoms with van der Waals surface area (Å²) >= 11 is 6.76. The molecule has 48 valence electrons. The molecule has 0 saturated heterocycles. The summed E-state index contributed by atoms with van der Waals surface area (Å²) in [4.78, 5) is 2.60. The van der Waals surface area contributed by atoms with Crippen molar-refractivity contribution in [2.24, 2.45) is 0 Å². The summed E-state index contributed by atoms with van der Waals surface area (Å²) in [6.45, 7) is 0. The molecule has 1 aromatic rings. The lowest BCUT2D eigenvalue weighted by molar-refractivity contribution is 0.619. The molecule has 1 nitrogen and oxygen atoms in total. The molecule has 0 fully saturated rings. The van der Waals surface area contributed by atoms with E-state index in [4.69, 9.17) is 12.2 Å². The molecule has 4 heteroatoms. The molecule has 0 unspecified atom stereocenters. The van der Waals surface area contributed by atoms with Crippen LogP contribution >= 0.6 is 34.8 Å². The fourth-order valence-corrected chi connectivity index (χ4v) is 1.00. The smallest absolute Gasteiger partial charge is 0.140 e. The standard InChI is InChI=1S/C5H3FINS/c6-3-1-4(7)5(9)8-2-3/h1-2H,(H,8,9). The lowest BCUT2D eigenvalue weighted by atomic mass is 10.5. The summed E-state index contributed by atoms with van der Waals surface area (Å²) in [7, 11) is 0. The van der Waals surface area contributed by atoms with Crippen LogP contribution in [-0.2, 0) is 0 Å². The third kappa shape index (κ3) is 1.72. The Hall–Kier alpha value is 0.0300. The molecule has 0 spiro atoms. The zero-order chi connectivity index (χ0) is 6.85. The highest BCUT2D eigenvalue weighted by Gasteiger charge is 1.91. The molecule has 1 aromatic heterocycles. The first kappa shape index (κ1) is 7.14. The molecule has 1 heterocycles. The van der Waals surface area contributed by atoms with Gasteiger partial charge < -0.3 is 4.98 Å². The van der Waals surface area contributed by atoms with Crippen molar-refractivity contribution < 1.29 is 4.39 Å². The summed E-state index contributed by atoms with van der Waals surface area (Å²) < 4.78 is 13.6. The summed E-state index contributed by atoms with van der Waals surface area (Å²) in [5.74, 6) is -0.284. The number of aromatic amines is 1. The molecule has 0 aliphatic rings. The Morgan fingerprint density at radius 3 is 2.78 bits per heavy atom. The SMILES string of the molecule is Fc1c[nH]c(=S)c(I)c1. The van der Waals surface area contributed by atoms with Crippen molar-refractivity contribution in [1.82, 2.24) is 4.98 Å². The van der Waals surface area contributed by atoms with Crippen LogP contribution in [0.5, 0.6) is 0 Å². The summed E-state index contributed by atoms with van der Waals surface area (Å²) in [5.41, 5.74) is 0. The van der Waals surface area contributed by atoms with E-state index in [1.807, 2.05) is 22.6 Å². The van der Waals surface area contributed by atoms with Gasteiger partial charge in [0.25, 0.3) is 0 Å². The fourth-order valence-electron chi connectivity index (χ4n) is 0.432. The van der Waals surface area contributed by atoms with Crippen LogP contribution in [0.1, 0.15) is 0 Å². The van der Waals surface area contributed by atoms with E-state index in [0.29, 0.717) is 4.64 Å². The normalized spacial score (nSPS) is 9.56. The first-order chi connectivity index (χ1) is 4.20. The van der Waals surface area contributed by atoms with Crippen LogP contribution in [0.3, 0.4) is 0 Å². The van der Waals surface area contributed by atoms with Crippen molar-refractivity contribution in [3.8, 4) is 0 Å². The van der Waals surface area contributed by atoms with Gasteiger partial charge in [0.1, 0.15) is 10.5 Å². The van der Waals surface area contributed by atoms with Crippen molar-refractivity contribution in [2.75, 3.05) is 0 Å². The second kappa shape index (κ2) is 2.74. The van der Waals surface area contributed by atoms with Gasteiger partial charge in [-0.05, 0) is 28.7 Å². The van der Waals surface area contributed by atoms with E-state index in [9.17, 15) is 4.39 Å². The van der Waals surface area contributed by atoms with Crippen molar-refractivity contribution >= 4 is 34.8 Å². The zero-order valence-corrected chi connectivity index (χ0v) is 7.29. The average Bonchev–Trinajstić information content (AvgIpc) is 1.80. The van der Waals surface area contributed by atoms with Crippen LogP contribution in [0.25, 0.3) is 0 Å². The lowest BCUT2D eigenvalue weighted by Gasteiger charge is -1.88. The van der Waals surface area contributed by atoms with Gasteiger partial charge in [0, 0.05) is 6.20 Å². The van der Waals surface area contributed by atoms with Gasteiger partial charge in [-0.1, -0.05) is 12.2 Å². The molecule has 1 rings (SSSR count). The van der Waals surface area contributed by atoms with Crippen LogP contribution in [0.4, 0.5) is 4.39 Å². The Kier molecular flexibility index (Phi) is 2.18. The Morgan fingerprint density at radius 2 is 2.33 bits per heavy atom. The highest BCUT2D eigenvalue weighted by Crippen LogP contribution is 2.05. The van der Waals surface area contributed by atoms with Crippen LogP contribution in [0.15, 0.2) is 12.3 Å². The molecular weight excluding hydrogens is 252 g/mol. The third-order valence-electron chi connectivity index (χ3n) is 0.823. The van der Waals surface area contributed by atoms with Crippen LogP contribution < -0.4 is 0 Å². The van der Waals surface area contributed by atoms with Crippen molar-refractivity contribution in [3.05, 3.63) is 26.3 Å². The molecule has 0 aliphatic carbocycles. The number of rotatable bonds is 0. The molecule has 0 aromatic carbocycles. The predicted molar refractivity (Wildman–Crippen MR) is 44.3 cm³/mol. The van der Waals surface area contributed by atoms with E-state index in [1.54, 1.807) is 0 Å². The van der Waals surface area contributed by atoms with Gasteiger partial charge in [-0.15, -0.1) is 0 Å². The molecule has 0 atom stereocenters. The monoisotopic (exact) mass is 255 g/mol. The number of halogens is 2. The van der Waals surface area contributed by atoms with E-state index in [1.165, 1.54) is 12.3 Å². The maximum absolute atomic E-state index is 12.3. The van der Waals surface area contributed by atoms with Gasteiger partial charge in [-0.25, -0.2) is 4.39 Å². The molecule has 0 amide bonds. The minimum atomic E-state index is -0.284. The molecule has 9 heavy (non-hydrogen) atoms. The molecular formula is C5H3FINS. The van der Waals surface area contributed by atoms with Crippen LogP contribution in [0.2, 0.25) is 0 Å². The first-order valence-corrected chi connectivity index (χ1v) is 3.72. The number of hydrogen-bond donors (Lipinski definition) is 1. The molecule has 0 radical (unpaired) electrons. The fraction of sp³-hybridized carbons (Fsp3) is 0. The number of pyridine rings is 1. The minimum Gasteiger partial charge on any atom is -0.349 e. The van der Waals surface area contributed by atoms with Gasteiger partial charge >= 0.3 is 0 Å². The Balaban J connectivity index is 3.34. The van der Waals surface area contributed by atoms with Gasteiger partial charge in [0.05, 0.1) is 3.57 Å². The topological polar surface area (TPSA) is 15.8 Å². The van der Waals surface area contributed by atoms with Crippen LogP contribution in [0, 0.1) is 14.0 Å². The van der Waals surface area contributed by atoms with Crippen molar-refractivity contribution in [3.63, 3.8) is 0 Å². The minimum absolute atomic E-state index is 0.284. The first-order valence-electron chi connectivity index (χ1n) is 2.24. The summed E-state index contributed by atoms with van der Waals surface area (Å²) in [6.07, 6.45) is 1.24. The van der Waals surface area contributed by atoms with E-state index < -0.39 is 0 Å². The predicted octanol–water partition coefficient (Wildman–Crippen LogP) is 2.49. The average molecular weight is 255 g/mol.